The summed E-state index contributed by atoms with van der Waals surface area (Å²) in [6, 6.07) is 8.90. The van der Waals surface area contributed by atoms with E-state index in [0.717, 1.165) is 37.2 Å². The number of hydrogen-bond acceptors (Lipinski definition) is 4. The number of para-hydroxylation sites is 1. The highest BCUT2D eigenvalue weighted by atomic mass is 16.2. The fourth-order valence-electron chi connectivity index (χ4n) is 5.70. The summed E-state index contributed by atoms with van der Waals surface area (Å²) in [6.45, 7) is 6.58. The predicted octanol–water partition coefficient (Wildman–Crippen LogP) is 3.50. The second-order valence-corrected chi connectivity index (χ2v) is 9.42. The van der Waals surface area contributed by atoms with Crippen molar-refractivity contribution in [2.24, 2.45) is 0 Å². The zero-order chi connectivity index (χ0) is 22.0. The van der Waals surface area contributed by atoms with Crippen molar-refractivity contribution in [3.8, 4) is 0 Å². The first-order valence-electron chi connectivity index (χ1n) is 11.8. The number of benzene rings is 1. The Morgan fingerprint density at radius 1 is 1.03 bits per heavy atom. The van der Waals surface area contributed by atoms with Gasteiger partial charge < -0.3 is 9.80 Å². The molecular formula is C25H36N4O2. The summed E-state index contributed by atoms with van der Waals surface area (Å²) in [5.74, 6) is -0.458. The minimum atomic E-state index is -0.386. The van der Waals surface area contributed by atoms with Crippen LogP contribution < -0.4 is 15.8 Å². The third-order valence-electron chi connectivity index (χ3n) is 7.41. The molecule has 6 nitrogen and oxygen atoms in total. The molecule has 4 rings (SSSR count). The number of anilines is 1. The molecule has 0 radical (unpaired) electrons. The van der Waals surface area contributed by atoms with E-state index >= 15 is 0 Å². The summed E-state index contributed by atoms with van der Waals surface area (Å²) in [6.07, 6.45) is 7.19. The molecule has 1 saturated heterocycles. The Hall–Kier alpha value is -2.18. The van der Waals surface area contributed by atoms with E-state index in [0.29, 0.717) is 6.04 Å². The fourth-order valence-corrected chi connectivity index (χ4v) is 5.70. The van der Waals surface area contributed by atoms with Gasteiger partial charge in [-0.15, -0.1) is 0 Å². The Morgan fingerprint density at radius 2 is 1.71 bits per heavy atom. The third-order valence-corrected chi connectivity index (χ3v) is 7.41. The standard InChI is InChI=1S/C25H36N4O2/c1-17(2)18-8-10-19(11-9-18)28-14-12-20(13-15-28)29-23-7-5-4-6-21(23)22(25(29)31)16-24(30)27-26-3/h4-7,19-20,22,26H,8-16H2,1-3H3,(H,27,30). The molecule has 1 aliphatic carbocycles. The fraction of sp³-hybridized carbons (Fsp3) is 0.600. The number of allylic oxidation sites excluding steroid dienone is 2. The number of amides is 2. The molecule has 2 amide bonds. The lowest BCUT2D eigenvalue weighted by Gasteiger charge is -2.42. The van der Waals surface area contributed by atoms with Gasteiger partial charge in [0, 0.05) is 44.3 Å². The molecule has 2 fully saturated rings. The maximum absolute atomic E-state index is 13.4. The molecule has 31 heavy (non-hydrogen) atoms. The van der Waals surface area contributed by atoms with Crippen molar-refractivity contribution >= 4 is 17.5 Å². The van der Waals surface area contributed by atoms with Crippen molar-refractivity contribution < 1.29 is 9.59 Å². The summed E-state index contributed by atoms with van der Waals surface area (Å²) < 4.78 is 0. The van der Waals surface area contributed by atoms with E-state index in [9.17, 15) is 9.59 Å². The number of hydrogen-bond donors (Lipinski definition) is 2. The number of likely N-dealkylation sites (tertiary alicyclic amines) is 1. The number of piperidine rings is 1. The highest BCUT2D eigenvalue weighted by Gasteiger charge is 2.42. The molecule has 1 saturated carbocycles. The molecular weight excluding hydrogens is 388 g/mol. The van der Waals surface area contributed by atoms with Gasteiger partial charge in [-0.2, -0.15) is 0 Å². The van der Waals surface area contributed by atoms with Gasteiger partial charge >= 0.3 is 0 Å². The van der Waals surface area contributed by atoms with Crippen molar-refractivity contribution in [3.63, 3.8) is 0 Å². The maximum Gasteiger partial charge on any atom is 0.235 e. The topological polar surface area (TPSA) is 64.7 Å². The summed E-state index contributed by atoms with van der Waals surface area (Å²) in [5.41, 5.74) is 10.4. The predicted molar refractivity (Wildman–Crippen MR) is 124 cm³/mol. The van der Waals surface area contributed by atoms with E-state index in [1.807, 2.05) is 29.2 Å². The Bertz CT molecular complexity index is 843. The van der Waals surface area contributed by atoms with E-state index in [2.05, 4.69) is 29.6 Å². The highest BCUT2D eigenvalue weighted by molar-refractivity contribution is 6.07. The molecule has 3 aliphatic rings. The van der Waals surface area contributed by atoms with Crippen LogP contribution >= 0.6 is 0 Å². The maximum atomic E-state index is 13.4. The molecule has 2 N–H and O–H groups in total. The minimum Gasteiger partial charge on any atom is -0.308 e. The third kappa shape index (κ3) is 4.55. The van der Waals surface area contributed by atoms with Gasteiger partial charge in [0.15, 0.2) is 0 Å². The summed E-state index contributed by atoms with van der Waals surface area (Å²) >= 11 is 0. The number of carbonyl (C=O) groups excluding carboxylic acids is 2. The second-order valence-electron chi connectivity index (χ2n) is 9.42. The van der Waals surface area contributed by atoms with E-state index in [4.69, 9.17) is 0 Å². The molecule has 2 aliphatic heterocycles. The molecule has 0 spiro atoms. The van der Waals surface area contributed by atoms with Crippen LogP contribution in [-0.4, -0.2) is 48.9 Å². The number of hydrazine groups is 1. The minimum absolute atomic E-state index is 0.0803. The molecule has 2 heterocycles. The first-order valence-corrected chi connectivity index (χ1v) is 11.8. The van der Waals surface area contributed by atoms with Gasteiger partial charge in [-0.05, 0) is 64.0 Å². The number of nitrogens with zero attached hydrogens (tertiary/aromatic N) is 2. The number of carbonyl (C=O) groups is 2. The van der Waals surface area contributed by atoms with Crippen LogP contribution in [0.5, 0.6) is 0 Å². The summed E-state index contributed by atoms with van der Waals surface area (Å²) in [7, 11) is 1.66. The summed E-state index contributed by atoms with van der Waals surface area (Å²) in [4.78, 5) is 30.2. The first-order chi connectivity index (χ1) is 15.0. The average molecular weight is 425 g/mol. The normalized spacial score (nSPS) is 24.9. The molecule has 1 aromatic carbocycles. The smallest absolute Gasteiger partial charge is 0.235 e. The zero-order valence-corrected chi connectivity index (χ0v) is 19.1. The van der Waals surface area contributed by atoms with E-state index in [1.54, 1.807) is 12.6 Å². The second kappa shape index (κ2) is 9.53. The summed E-state index contributed by atoms with van der Waals surface area (Å²) in [5, 5.41) is 0. The number of rotatable bonds is 5. The first kappa shape index (κ1) is 22.0. The Morgan fingerprint density at radius 3 is 2.35 bits per heavy atom. The van der Waals surface area contributed by atoms with E-state index in [1.165, 1.54) is 31.3 Å². The van der Waals surface area contributed by atoms with Crippen molar-refractivity contribution in [1.82, 2.24) is 15.8 Å². The van der Waals surface area contributed by atoms with E-state index in [-0.39, 0.29) is 30.2 Å². The lowest BCUT2D eigenvalue weighted by atomic mass is 9.86. The molecule has 0 bridgehead atoms. The van der Waals surface area contributed by atoms with E-state index < -0.39 is 0 Å². The van der Waals surface area contributed by atoms with Gasteiger partial charge in [-0.1, -0.05) is 29.3 Å². The molecule has 1 unspecified atom stereocenters. The lowest BCUT2D eigenvalue weighted by Crippen LogP contribution is -2.50. The van der Waals surface area contributed by atoms with Crippen molar-refractivity contribution in [2.45, 2.75) is 76.8 Å². The van der Waals surface area contributed by atoms with Gasteiger partial charge in [0.25, 0.3) is 0 Å². The van der Waals surface area contributed by atoms with Crippen LogP contribution in [-0.2, 0) is 9.59 Å². The Kier molecular flexibility index (Phi) is 6.77. The van der Waals surface area contributed by atoms with Gasteiger partial charge in [0.05, 0.1) is 5.92 Å². The van der Waals surface area contributed by atoms with Gasteiger partial charge in [0.1, 0.15) is 0 Å². The average Bonchev–Trinajstić information content (AvgIpc) is 3.05. The van der Waals surface area contributed by atoms with Crippen molar-refractivity contribution in [2.75, 3.05) is 25.0 Å². The molecule has 0 aromatic heterocycles. The highest BCUT2D eigenvalue weighted by Crippen LogP contribution is 2.42. The largest absolute Gasteiger partial charge is 0.308 e. The van der Waals surface area contributed by atoms with Crippen molar-refractivity contribution in [1.29, 1.82) is 0 Å². The van der Waals surface area contributed by atoms with Crippen LogP contribution in [0.3, 0.4) is 0 Å². The van der Waals surface area contributed by atoms with Crippen LogP contribution in [0, 0.1) is 0 Å². The molecule has 1 atom stereocenters. The molecule has 6 heteroatoms. The number of fused-ring (bicyclic) bond motifs is 1. The molecule has 168 valence electrons. The quantitative estimate of drug-likeness (QED) is 0.561. The van der Waals surface area contributed by atoms with Crippen LogP contribution in [0.15, 0.2) is 35.4 Å². The monoisotopic (exact) mass is 424 g/mol. The van der Waals surface area contributed by atoms with Crippen LogP contribution in [0.4, 0.5) is 5.69 Å². The SMILES string of the molecule is CNNC(=O)CC1C(=O)N(C2CCN(C3CCC(=C(C)C)CC3)CC2)c2ccccc21. The Balaban J connectivity index is 1.41. The van der Waals surface area contributed by atoms with Gasteiger partial charge in [0.2, 0.25) is 11.8 Å². The Labute approximate surface area is 186 Å². The van der Waals surface area contributed by atoms with Crippen molar-refractivity contribution in [3.05, 3.63) is 41.0 Å². The number of nitrogens with one attached hydrogen (secondary N) is 2. The van der Waals surface area contributed by atoms with Gasteiger partial charge in [-0.3, -0.25) is 15.0 Å². The van der Waals surface area contributed by atoms with Crippen LogP contribution in [0.1, 0.15) is 70.3 Å². The van der Waals surface area contributed by atoms with Gasteiger partial charge in [-0.25, -0.2) is 5.43 Å². The van der Waals surface area contributed by atoms with Crippen LogP contribution in [0.2, 0.25) is 0 Å². The zero-order valence-electron chi connectivity index (χ0n) is 19.1. The van der Waals surface area contributed by atoms with Crippen LogP contribution in [0.25, 0.3) is 0 Å². The lowest BCUT2D eigenvalue weighted by molar-refractivity contribution is -0.126. The molecule has 1 aromatic rings.